The Morgan fingerprint density at radius 1 is 1.31 bits per heavy atom. The second kappa shape index (κ2) is 3.37. The summed E-state index contributed by atoms with van der Waals surface area (Å²) in [4.78, 5) is 0. The second-order valence-electron chi connectivity index (χ2n) is 4.43. The summed E-state index contributed by atoms with van der Waals surface area (Å²) < 4.78 is 11.6. The summed E-state index contributed by atoms with van der Waals surface area (Å²) >= 11 is 0. The van der Waals surface area contributed by atoms with Gasteiger partial charge in [0.1, 0.15) is 0 Å². The molecule has 0 radical (unpaired) electrons. The Hall–Kier alpha value is -1.26. The van der Waals surface area contributed by atoms with E-state index in [9.17, 15) is 5.11 Å². The average molecular weight is 221 g/mol. The van der Waals surface area contributed by atoms with E-state index in [1.807, 2.05) is 18.2 Å². The molecule has 0 bridgehead atoms. The van der Waals surface area contributed by atoms with E-state index in [2.05, 4.69) is 0 Å². The molecule has 0 saturated heterocycles. The number of rotatable bonds is 2. The molecule has 3 N–H and O–H groups in total. The molecule has 1 aliphatic carbocycles. The van der Waals surface area contributed by atoms with Crippen molar-refractivity contribution >= 4 is 0 Å². The number of nitrogens with two attached hydrogens (primary N) is 1. The summed E-state index contributed by atoms with van der Waals surface area (Å²) in [5, 5.41) is 9.64. The molecule has 4 nitrogen and oxygen atoms in total. The zero-order chi connectivity index (χ0) is 11.2. The first kappa shape index (κ1) is 9.93. The number of fused-ring (bicyclic) bond motifs is 1. The molecule has 1 aliphatic heterocycles. The highest BCUT2D eigenvalue weighted by molar-refractivity contribution is 5.46. The third kappa shape index (κ3) is 1.37. The molecule has 1 heterocycles. The van der Waals surface area contributed by atoms with Gasteiger partial charge in [0.15, 0.2) is 11.5 Å². The van der Waals surface area contributed by atoms with E-state index in [1.165, 1.54) is 0 Å². The van der Waals surface area contributed by atoms with Crippen LogP contribution in [-0.2, 0) is 0 Å². The molecule has 1 aromatic carbocycles. The van der Waals surface area contributed by atoms with Crippen molar-refractivity contribution in [3.63, 3.8) is 0 Å². The fraction of sp³-hybridized carbons (Fsp3) is 0.500. The molecule has 1 aromatic rings. The summed E-state index contributed by atoms with van der Waals surface area (Å²) in [5.41, 5.74) is 6.20. The van der Waals surface area contributed by atoms with Crippen molar-refractivity contribution in [3.05, 3.63) is 23.8 Å². The van der Waals surface area contributed by atoms with E-state index in [-0.39, 0.29) is 6.54 Å². The number of hydrogen-bond donors (Lipinski definition) is 2. The zero-order valence-electron chi connectivity index (χ0n) is 8.98. The lowest BCUT2D eigenvalue weighted by Crippen LogP contribution is -2.45. The first-order valence-corrected chi connectivity index (χ1v) is 5.63. The maximum atomic E-state index is 9.64. The van der Waals surface area contributed by atoms with E-state index in [4.69, 9.17) is 15.2 Å². The van der Waals surface area contributed by atoms with E-state index in [0.717, 1.165) is 36.3 Å². The van der Waals surface area contributed by atoms with Gasteiger partial charge in [0, 0.05) is 19.4 Å². The van der Waals surface area contributed by atoms with Gasteiger partial charge in [0.2, 0.25) is 0 Å². The van der Waals surface area contributed by atoms with Crippen LogP contribution in [0.4, 0.5) is 0 Å². The summed E-state index contributed by atoms with van der Waals surface area (Å²) in [6.45, 7) is 0.213. The number of hydrogen-bond acceptors (Lipinski definition) is 4. The van der Waals surface area contributed by atoms with Gasteiger partial charge in [0.25, 0.3) is 5.79 Å². The number of aliphatic hydroxyl groups is 1. The molecule has 4 heteroatoms. The smallest absolute Gasteiger partial charge is 0.251 e. The Balaban J connectivity index is 1.88. The molecular weight excluding hydrogens is 206 g/mol. The molecule has 1 saturated carbocycles. The summed E-state index contributed by atoms with van der Waals surface area (Å²) in [6, 6.07) is 5.49. The molecule has 3 rings (SSSR count). The number of benzene rings is 1. The van der Waals surface area contributed by atoms with Crippen LogP contribution in [0.15, 0.2) is 18.2 Å². The van der Waals surface area contributed by atoms with E-state index < -0.39 is 11.9 Å². The van der Waals surface area contributed by atoms with Crippen molar-refractivity contribution < 1.29 is 14.6 Å². The lowest BCUT2D eigenvalue weighted by Gasteiger charge is -2.35. The van der Waals surface area contributed by atoms with Crippen LogP contribution in [-0.4, -0.2) is 17.4 Å². The van der Waals surface area contributed by atoms with Gasteiger partial charge in [-0.15, -0.1) is 0 Å². The van der Waals surface area contributed by atoms with Crippen LogP contribution >= 0.6 is 0 Å². The fourth-order valence-electron chi connectivity index (χ4n) is 2.12. The number of ether oxygens (including phenoxy) is 2. The number of aliphatic hydroxyl groups excluding tert-OH is 1. The SMILES string of the molecule is NCC(O)c1ccc2c(c1)OC1(CCC1)O2. The van der Waals surface area contributed by atoms with Crippen molar-refractivity contribution in [2.75, 3.05) is 6.54 Å². The average Bonchev–Trinajstić information content (AvgIpc) is 2.66. The molecule has 2 aliphatic rings. The second-order valence-corrected chi connectivity index (χ2v) is 4.43. The standard InChI is InChI=1S/C12H15NO3/c13-7-9(14)8-2-3-10-11(6-8)16-12(15-10)4-1-5-12/h2-3,6,9,14H,1,4-5,7,13H2. The summed E-state index contributed by atoms with van der Waals surface area (Å²) in [5.74, 6) is 1.09. The normalized spacial score (nSPS) is 21.9. The molecule has 0 amide bonds. The van der Waals surface area contributed by atoms with Gasteiger partial charge in [-0.05, 0) is 24.1 Å². The molecule has 16 heavy (non-hydrogen) atoms. The first-order chi connectivity index (χ1) is 7.72. The van der Waals surface area contributed by atoms with Crippen molar-refractivity contribution in [1.29, 1.82) is 0 Å². The topological polar surface area (TPSA) is 64.7 Å². The van der Waals surface area contributed by atoms with Crippen LogP contribution in [0.3, 0.4) is 0 Å². The highest BCUT2D eigenvalue weighted by atomic mass is 16.7. The molecule has 1 unspecified atom stereocenters. The fourth-order valence-corrected chi connectivity index (χ4v) is 2.12. The van der Waals surface area contributed by atoms with Crippen molar-refractivity contribution in [2.24, 2.45) is 5.73 Å². The lowest BCUT2D eigenvalue weighted by atomic mass is 9.91. The van der Waals surface area contributed by atoms with Crippen LogP contribution in [0.25, 0.3) is 0 Å². The minimum atomic E-state index is -0.633. The predicted molar refractivity (Wildman–Crippen MR) is 58.3 cm³/mol. The van der Waals surface area contributed by atoms with E-state index in [0.29, 0.717) is 0 Å². The van der Waals surface area contributed by atoms with Gasteiger partial charge in [-0.2, -0.15) is 0 Å². The molecular formula is C12H15NO3. The van der Waals surface area contributed by atoms with Crippen LogP contribution in [0, 0.1) is 0 Å². The van der Waals surface area contributed by atoms with Crippen molar-refractivity contribution in [1.82, 2.24) is 0 Å². The summed E-state index contributed by atoms with van der Waals surface area (Å²) in [7, 11) is 0. The van der Waals surface area contributed by atoms with Gasteiger partial charge in [0.05, 0.1) is 6.10 Å². The lowest BCUT2D eigenvalue weighted by molar-refractivity contribution is -0.138. The monoisotopic (exact) mass is 221 g/mol. The third-order valence-corrected chi connectivity index (χ3v) is 3.28. The zero-order valence-corrected chi connectivity index (χ0v) is 8.98. The molecule has 86 valence electrons. The van der Waals surface area contributed by atoms with Gasteiger partial charge >= 0.3 is 0 Å². The predicted octanol–water partition coefficient (Wildman–Crippen LogP) is 1.33. The molecule has 1 fully saturated rings. The highest BCUT2D eigenvalue weighted by Crippen LogP contribution is 2.48. The first-order valence-electron chi connectivity index (χ1n) is 5.63. The minimum Gasteiger partial charge on any atom is -0.448 e. The molecule has 0 aromatic heterocycles. The Kier molecular flexibility index (Phi) is 2.09. The Morgan fingerprint density at radius 3 is 2.69 bits per heavy atom. The molecule has 1 atom stereocenters. The van der Waals surface area contributed by atoms with Crippen LogP contribution in [0.5, 0.6) is 11.5 Å². The van der Waals surface area contributed by atoms with Crippen LogP contribution < -0.4 is 15.2 Å². The Morgan fingerprint density at radius 2 is 2.06 bits per heavy atom. The highest BCUT2D eigenvalue weighted by Gasteiger charge is 2.47. The van der Waals surface area contributed by atoms with E-state index in [1.54, 1.807) is 0 Å². The van der Waals surface area contributed by atoms with Gasteiger partial charge in [-0.3, -0.25) is 0 Å². The summed E-state index contributed by atoms with van der Waals surface area (Å²) in [6.07, 6.45) is 2.39. The van der Waals surface area contributed by atoms with Crippen LogP contribution in [0.2, 0.25) is 0 Å². The quantitative estimate of drug-likeness (QED) is 0.790. The largest absolute Gasteiger partial charge is 0.448 e. The van der Waals surface area contributed by atoms with Gasteiger partial charge in [-0.25, -0.2) is 0 Å². The van der Waals surface area contributed by atoms with E-state index >= 15 is 0 Å². The van der Waals surface area contributed by atoms with Crippen LogP contribution in [0.1, 0.15) is 30.9 Å². The van der Waals surface area contributed by atoms with Crippen molar-refractivity contribution in [3.8, 4) is 11.5 Å². The van der Waals surface area contributed by atoms with Gasteiger partial charge in [-0.1, -0.05) is 6.07 Å². The third-order valence-electron chi connectivity index (χ3n) is 3.28. The minimum absolute atomic E-state index is 0.213. The Bertz CT molecular complexity index is 415. The van der Waals surface area contributed by atoms with Gasteiger partial charge < -0.3 is 20.3 Å². The Labute approximate surface area is 94.0 Å². The van der Waals surface area contributed by atoms with Crippen molar-refractivity contribution in [2.45, 2.75) is 31.2 Å². The maximum Gasteiger partial charge on any atom is 0.251 e. The molecule has 1 spiro atoms. The maximum absolute atomic E-state index is 9.64.